The van der Waals surface area contributed by atoms with Crippen LogP contribution in [0.25, 0.3) is 0 Å². The van der Waals surface area contributed by atoms with Crippen molar-refractivity contribution in [3.63, 3.8) is 0 Å². The van der Waals surface area contributed by atoms with Crippen molar-refractivity contribution in [1.29, 1.82) is 0 Å². The summed E-state index contributed by atoms with van der Waals surface area (Å²) in [6, 6.07) is 8.49. The van der Waals surface area contributed by atoms with Gasteiger partial charge in [-0.2, -0.15) is 0 Å². The van der Waals surface area contributed by atoms with E-state index in [4.69, 9.17) is 16.0 Å². The van der Waals surface area contributed by atoms with Gasteiger partial charge in [-0.25, -0.2) is 0 Å². The summed E-state index contributed by atoms with van der Waals surface area (Å²) in [5.74, 6) is -0.566. The lowest BCUT2D eigenvalue weighted by atomic mass is 10.2. The predicted octanol–water partition coefficient (Wildman–Crippen LogP) is 2.55. The molecule has 0 bridgehead atoms. The number of furan rings is 1. The number of anilines is 1. The maximum absolute atomic E-state index is 12.4. The summed E-state index contributed by atoms with van der Waals surface area (Å²) < 4.78 is 5.12. The van der Waals surface area contributed by atoms with Crippen molar-refractivity contribution in [2.45, 2.75) is 13.3 Å². The van der Waals surface area contributed by atoms with E-state index in [0.29, 0.717) is 36.9 Å². The van der Waals surface area contributed by atoms with Crippen LogP contribution in [0.5, 0.6) is 0 Å². The SMILES string of the molecule is Cc1c(Cl)cccc1NC(=O)CC(=O)N1CCN(C(=O)c2ccco2)CC1. The van der Waals surface area contributed by atoms with Crippen LogP contribution in [-0.4, -0.2) is 53.7 Å². The standard InChI is InChI=1S/C19H20ClN3O4/c1-13-14(20)4-2-5-15(13)21-17(24)12-18(25)22-7-9-23(10-8-22)19(26)16-6-3-11-27-16/h2-6,11H,7-10,12H2,1H3,(H,21,24). The zero-order valence-electron chi connectivity index (χ0n) is 14.9. The summed E-state index contributed by atoms with van der Waals surface area (Å²) in [6.07, 6.45) is 1.20. The third kappa shape index (κ3) is 4.49. The number of hydrogen-bond acceptors (Lipinski definition) is 4. The first kappa shape index (κ1) is 19.0. The van der Waals surface area contributed by atoms with Gasteiger partial charge in [0.1, 0.15) is 6.42 Å². The molecule has 1 N–H and O–H groups in total. The minimum atomic E-state index is -0.389. The summed E-state index contributed by atoms with van der Waals surface area (Å²) in [4.78, 5) is 40.0. The Morgan fingerprint density at radius 1 is 1.07 bits per heavy atom. The Morgan fingerprint density at radius 3 is 2.44 bits per heavy atom. The largest absolute Gasteiger partial charge is 0.459 e. The van der Waals surface area contributed by atoms with Gasteiger partial charge in [-0.1, -0.05) is 17.7 Å². The van der Waals surface area contributed by atoms with Crippen molar-refractivity contribution < 1.29 is 18.8 Å². The van der Waals surface area contributed by atoms with E-state index in [2.05, 4.69) is 5.32 Å². The van der Waals surface area contributed by atoms with Crippen LogP contribution in [0.15, 0.2) is 41.0 Å². The summed E-state index contributed by atoms with van der Waals surface area (Å²) >= 11 is 6.04. The average Bonchev–Trinajstić information content (AvgIpc) is 3.19. The molecular weight excluding hydrogens is 370 g/mol. The van der Waals surface area contributed by atoms with Crippen LogP contribution in [0, 0.1) is 6.92 Å². The Bertz CT molecular complexity index is 843. The van der Waals surface area contributed by atoms with Crippen LogP contribution < -0.4 is 5.32 Å². The molecule has 2 heterocycles. The highest BCUT2D eigenvalue weighted by Gasteiger charge is 2.27. The van der Waals surface area contributed by atoms with Crippen molar-refractivity contribution >= 4 is 35.0 Å². The molecule has 2 aromatic rings. The number of piperazine rings is 1. The lowest BCUT2D eigenvalue weighted by molar-refractivity contribution is -0.135. The molecule has 1 aromatic carbocycles. The first-order valence-corrected chi connectivity index (χ1v) is 8.99. The van der Waals surface area contributed by atoms with E-state index < -0.39 is 0 Å². The van der Waals surface area contributed by atoms with E-state index in [-0.39, 0.29) is 29.9 Å². The fourth-order valence-corrected chi connectivity index (χ4v) is 3.08. The second-order valence-electron chi connectivity index (χ2n) is 6.29. The van der Waals surface area contributed by atoms with E-state index in [9.17, 15) is 14.4 Å². The molecule has 0 saturated carbocycles. The molecule has 7 nitrogen and oxygen atoms in total. The van der Waals surface area contributed by atoms with Crippen molar-refractivity contribution in [3.8, 4) is 0 Å². The monoisotopic (exact) mass is 389 g/mol. The number of benzene rings is 1. The maximum atomic E-state index is 12.4. The van der Waals surface area contributed by atoms with E-state index in [1.807, 2.05) is 0 Å². The number of rotatable bonds is 4. The van der Waals surface area contributed by atoms with E-state index in [1.54, 1.807) is 47.1 Å². The fourth-order valence-electron chi connectivity index (χ4n) is 2.90. The molecule has 1 saturated heterocycles. The van der Waals surface area contributed by atoms with Gasteiger partial charge in [0, 0.05) is 36.9 Å². The normalized spacial score (nSPS) is 14.1. The topological polar surface area (TPSA) is 82.9 Å². The van der Waals surface area contributed by atoms with E-state index >= 15 is 0 Å². The van der Waals surface area contributed by atoms with Crippen LogP contribution in [0.1, 0.15) is 22.5 Å². The number of nitrogens with zero attached hydrogens (tertiary/aromatic N) is 2. The molecule has 1 aliphatic heterocycles. The van der Waals surface area contributed by atoms with Gasteiger partial charge in [-0.05, 0) is 36.8 Å². The Labute approximate surface area is 161 Å². The van der Waals surface area contributed by atoms with Gasteiger partial charge in [0.05, 0.1) is 6.26 Å². The van der Waals surface area contributed by atoms with Crippen molar-refractivity contribution in [3.05, 3.63) is 52.9 Å². The molecule has 0 spiro atoms. The molecule has 8 heteroatoms. The zero-order valence-corrected chi connectivity index (χ0v) is 15.7. The summed E-state index contributed by atoms with van der Waals surface area (Å²) in [6.45, 7) is 3.37. The van der Waals surface area contributed by atoms with Crippen LogP contribution in [0.4, 0.5) is 5.69 Å². The fraction of sp³-hybridized carbons (Fsp3) is 0.316. The number of halogens is 1. The molecule has 0 aliphatic carbocycles. The van der Waals surface area contributed by atoms with Crippen LogP contribution >= 0.6 is 11.6 Å². The molecular formula is C19H20ClN3O4. The van der Waals surface area contributed by atoms with Gasteiger partial charge in [-0.15, -0.1) is 0 Å². The third-order valence-corrected chi connectivity index (χ3v) is 4.91. The number of carbonyl (C=O) groups excluding carboxylic acids is 3. The molecule has 3 rings (SSSR count). The summed E-state index contributed by atoms with van der Waals surface area (Å²) in [5.41, 5.74) is 1.35. The maximum Gasteiger partial charge on any atom is 0.289 e. The number of nitrogens with one attached hydrogen (secondary N) is 1. The number of amides is 3. The van der Waals surface area contributed by atoms with Gasteiger partial charge < -0.3 is 19.5 Å². The molecule has 3 amide bonds. The zero-order chi connectivity index (χ0) is 19.4. The Hall–Kier alpha value is -2.80. The predicted molar refractivity (Wildman–Crippen MR) is 101 cm³/mol. The van der Waals surface area contributed by atoms with Crippen LogP contribution in [0.3, 0.4) is 0 Å². The Kier molecular flexibility index (Phi) is 5.81. The van der Waals surface area contributed by atoms with Gasteiger partial charge >= 0.3 is 0 Å². The molecule has 1 aliphatic rings. The molecule has 27 heavy (non-hydrogen) atoms. The molecule has 1 fully saturated rings. The minimum absolute atomic E-state index is 0.193. The highest BCUT2D eigenvalue weighted by Crippen LogP contribution is 2.23. The van der Waals surface area contributed by atoms with Gasteiger partial charge in [0.25, 0.3) is 5.91 Å². The van der Waals surface area contributed by atoms with Crippen molar-refractivity contribution in [1.82, 2.24) is 9.80 Å². The molecule has 0 atom stereocenters. The quantitative estimate of drug-likeness (QED) is 0.814. The van der Waals surface area contributed by atoms with Gasteiger partial charge in [0.2, 0.25) is 11.8 Å². The highest BCUT2D eigenvalue weighted by atomic mass is 35.5. The minimum Gasteiger partial charge on any atom is -0.459 e. The first-order chi connectivity index (χ1) is 13.0. The van der Waals surface area contributed by atoms with Crippen molar-refractivity contribution in [2.24, 2.45) is 0 Å². The Morgan fingerprint density at radius 2 is 1.78 bits per heavy atom. The van der Waals surface area contributed by atoms with E-state index in [1.165, 1.54) is 6.26 Å². The van der Waals surface area contributed by atoms with Gasteiger partial charge in [-0.3, -0.25) is 14.4 Å². The molecule has 0 radical (unpaired) electrons. The average molecular weight is 390 g/mol. The molecule has 1 aromatic heterocycles. The first-order valence-electron chi connectivity index (χ1n) is 8.61. The van der Waals surface area contributed by atoms with Crippen LogP contribution in [-0.2, 0) is 9.59 Å². The highest BCUT2D eigenvalue weighted by molar-refractivity contribution is 6.31. The number of carbonyl (C=O) groups is 3. The summed E-state index contributed by atoms with van der Waals surface area (Å²) in [5, 5.41) is 3.27. The van der Waals surface area contributed by atoms with Gasteiger partial charge in [0.15, 0.2) is 5.76 Å². The smallest absolute Gasteiger partial charge is 0.289 e. The molecule has 142 valence electrons. The Balaban J connectivity index is 1.50. The molecule has 0 unspecified atom stereocenters. The third-order valence-electron chi connectivity index (χ3n) is 4.51. The second kappa shape index (κ2) is 8.26. The number of hydrogen-bond donors (Lipinski definition) is 1. The lowest BCUT2D eigenvalue weighted by Crippen LogP contribution is -2.51. The van der Waals surface area contributed by atoms with E-state index in [0.717, 1.165) is 5.56 Å². The van der Waals surface area contributed by atoms with Crippen molar-refractivity contribution in [2.75, 3.05) is 31.5 Å². The van der Waals surface area contributed by atoms with Crippen LogP contribution in [0.2, 0.25) is 5.02 Å². The second-order valence-corrected chi connectivity index (χ2v) is 6.69. The lowest BCUT2D eigenvalue weighted by Gasteiger charge is -2.34. The summed E-state index contributed by atoms with van der Waals surface area (Å²) in [7, 11) is 0.